The van der Waals surface area contributed by atoms with E-state index in [1.807, 2.05) is 6.92 Å². The highest BCUT2D eigenvalue weighted by molar-refractivity contribution is 5.69. The fourth-order valence-electron chi connectivity index (χ4n) is 1.43. The van der Waals surface area contributed by atoms with E-state index in [0.29, 0.717) is 6.42 Å². The van der Waals surface area contributed by atoms with E-state index in [9.17, 15) is 4.79 Å². The van der Waals surface area contributed by atoms with Crippen LogP contribution in [0.15, 0.2) is 12.3 Å². The average Bonchev–Trinajstić information content (AvgIpc) is 2.25. The van der Waals surface area contributed by atoms with Crippen LogP contribution in [0.1, 0.15) is 65.2 Å². The summed E-state index contributed by atoms with van der Waals surface area (Å²) in [4.78, 5) is 11.1. The fraction of sp³-hybridized carbons (Fsp3) is 0.769. The van der Waals surface area contributed by atoms with E-state index < -0.39 is 0 Å². The Morgan fingerprint density at radius 1 is 1.07 bits per heavy atom. The van der Waals surface area contributed by atoms with Crippen molar-refractivity contribution >= 4 is 5.97 Å². The zero-order chi connectivity index (χ0) is 11.4. The maximum absolute atomic E-state index is 11.1. The summed E-state index contributed by atoms with van der Waals surface area (Å²) in [6.07, 6.45) is 12.3. The lowest BCUT2D eigenvalue weighted by molar-refractivity contribution is -0.138. The Labute approximate surface area is 93.7 Å². The average molecular weight is 212 g/mol. The Morgan fingerprint density at radius 3 is 2.27 bits per heavy atom. The number of hydrogen-bond donors (Lipinski definition) is 0. The molecule has 0 fully saturated rings. The van der Waals surface area contributed by atoms with Gasteiger partial charge < -0.3 is 4.74 Å². The molecule has 0 aromatic carbocycles. The van der Waals surface area contributed by atoms with Crippen LogP contribution in [-0.2, 0) is 9.53 Å². The van der Waals surface area contributed by atoms with E-state index in [-0.39, 0.29) is 5.97 Å². The second-order valence-electron chi connectivity index (χ2n) is 3.83. The molecule has 15 heavy (non-hydrogen) atoms. The van der Waals surface area contributed by atoms with Crippen molar-refractivity contribution in [2.24, 2.45) is 0 Å². The van der Waals surface area contributed by atoms with Crippen molar-refractivity contribution in [3.05, 3.63) is 12.3 Å². The Balaban J connectivity index is 3.13. The summed E-state index contributed by atoms with van der Waals surface area (Å²) >= 11 is 0. The van der Waals surface area contributed by atoms with Crippen molar-refractivity contribution in [2.45, 2.75) is 65.2 Å². The van der Waals surface area contributed by atoms with Gasteiger partial charge in [0.2, 0.25) is 0 Å². The number of esters is 1. The highest BCUT2D eigenvalue weighted by Crippen LogP contribution is 2.08. The first-order chi connectivity index (χ1) is 7.31. The van der Waals surface area contributed by atoms with Crippen LogP contribution in [-0.4, -0.2) is 5.97 Å². The van der Waals surface area contributed by atoms with Crippen LogP contribution in [0.4, 0.5) is 0 Å². The summed E-state index contributed by atoms with van der Waals surface area (Å²) in [6, 6.07) is 0. The van der Waals surface area contributed by atoms with Gasteiger partial charge in [-0.2, -0.15) is 0 Å². The second kappa shape index (κ2) is 11.3. The van der Waals surface area contributed by atoms with E-state index in [1.54, 1.807) is 6.08 Å². The monoisotopic (exact) mass is 212 g/mol. The van der Waals surface area contributed by atoms with Gasteiger partial charge in [0.25, 0.3) is 0 Å². The smallest absolute Gasteiger partial charge is 0.310 e. The number of rotatable bonds is 9. The normalized spacial score (nSPS) is 10.8. The molecule has 0 rings (SSSR count). The molecule has 0 aromatic heterocycles. The van der Waals surface area contributed by atoms with E-state index in [2.05, 4.69) is 6.92 Å². The van der Waals surface area contributed by atoms with Crippen molar-refractivity contribution in [3.63, 3.8) is 0 Å². The van der Waals surface area contributed by atoms with Gasteiger partial charge in [-0.25, -0.2) is 0 Å². The van der Waals surface area contributed by atoms with Crippen LogP contribution < -0.4 is 0 Å². The van der Waals surface area contributed by atoms with E-state index in [1.165, 1.54) is 38.4 Å². The van der Waals surface area contributed by atoms with Gasteiger partial charge in [-0.05, 0) is 13.3 Å². The summed E-state index contributed by atoms with van der Waals surface area (Å²) < 4.78 is 4.82. The highest BCUT2D eigenvalue weighted by atomic mass is 16.5. The number of carbonyl (C=O) groups excluding carboxylic acids is 1. The summed E-state index contributed by atoms with van der Waals surface area (Å²) in [5.74, 6) is -0.110. The molecule has 0 saturated heterocycles. The van der Waals surface area contributed by atoms with Gasteiger partial charge in [0, 0.05) is 6.42 Å². The van der Waals surface area contributed by atoms with Crippen LogP contribution in [0, 0.1) is 0 Å². The quantitative estimate of drug-likeness (QED) is 0.325. The Kier molecular flexibility index (Phi) is 10.7. The van der Waals surface area contributed by atoms with Crippen LogP contribution in [0.5, 0.6) is 0 Å². The molecule has 88 valence electrons. The predicted molar refractivity (Wildman–Crippen MR) is 63.5 cm³/mol. The second-order valence-corrected chi connectivity index (χ2v) is 3.83. The summed E-state index contributed by atoms with van der Waals surface area (Å²) in [5, 5.41) is 0. The first-order valence-electron chi connectivity index (χ1n) is 6.12. The van der Waals surface area contributed by atoms with Gasteiger partial charge in [-0.3, -0.25) is 4.79 Å². The standard InChI is InChI=1S/C13H24O2/c1-3-5-6-7-8-9-10-11-13(14)15-12-4-2/h4,12H,3,5-11H2,1-2H3/b12-4+. The van der Waals surface area contributed by atoms with Gasteiger partial charge in [0.1, 0.15) is 0 Å². The number of allylic oxidation sites excluding steroid dienone is 1. The fourth-order valence-corrected chi connectivity index (χ4v) is 1.43. The van der Waals surface area contributed by atoms with Crippen molar-refractivity contribution < 1.29 is 9.53 Å². The maximum Gasteiger partial charge on any atom is 0.310 e. The van der Waals surface area contributed by atoms with Crippen LogP contribution >= 0.6 is 0 Å². The van der Waals surface area contributed by atoms with Crippen molar-refractivity contribution in [3.8, 4) is 0 Å². The molecular weight excluding hydrogens is 188 g/mol. The van der Waals surface area contributed by atoms with Gasteiger partial charge in [-0.1, -0.05) is 51.5 Å². The molecule has 2 heteroatoms. The maximum atomic E-state index is 11.1. The zero-order valence-electron chi connectivity index (χ0n) is 10.1. The number of carbonyl (C=O) groups is 1. The van der Waals surface area contributed by atoms with Crippen LogP contribution in [0.25, 0.3) is 0 Å². The SMILES string of the molecule is C/C=C/OC(=O)CCCCCCCCC. The lowest BCUT2D eigenvalue weighted by atomic mass is 10.1. The van der Waals surface area contributed by atoms with Gasteiger partial charge in [-0.15, -0.1) is 0 Å². The van der Waals surface area contributed by atoms with Crippen molar-refractivity contribution in [2.75, 3.05) is 0 Å². The molecule has 0 spiro atoms. The third-order valence-corrected chi connectivity index (χ3v) is 2.32. The molecule has 0 amide bonds. The molecule has 0 aliphatic heterocycles. The molecular formula is C13H24O2. The van der Waals surface area contributed by atoms with Gasteiger partial charge in [0.05, 0.1) is 6.26 Å². The lowest BCUT2D eigenvalue weighted by Crippen LogP contribution is -1.98. The predicted octanol–water partition coefficient (Wildman–Crippen LogP) is 4.20. The minimum atomic E-state index is -0.110. The zero-order valence-corrected chi connectivity index (χ0v) is 10.1. The van der Waals surface area contributed by atoms with Crippen LogP contribution in [0.3, 0.4) is 0 Å². The summed E-state index contributed by atoms with van der Waals surface area (Å²) in [5.41, 5.74) is 0. The molecule has 0 aliphatic rings. The Hall–Kier alpha value is -0.790. The molecule has 0 radical (unpaired) electrons. The van der Waals surface area contributed by atoms with Gasteiger partial charge >= 0.3 is 5.97 Å². The molecule has 0 aliphatic carbocycles. The van der Waals surface area contributed by atoms with Crippen molar-refractivity contribution in [1.82, 2.24) is 0 Å². The number of unbranched alkanes of at least 4 members (excludes halogenated alkanes) is 6. The molecule has 0 unspecified atom stereocenters. The molecule has 2 nitrogen and oxygen atoms in total. The first-order valence-corrected chi connectivity index (χ1v) is 6.12. The van der Waals surface area contributed by atoms with Crippen molar-refractivity contribution in [1.29, 1.82) is 0 Å². The Morgan fingerprint density at radius 2 is 1.67 bits per heavy atom. The number of hydrogen-bond acceptors (Lipinski definition) is 2. The van der Waals surface area contributed by atoms with E-state index in [0.717, 1.165) is 12.8 Å². The van der Waals surface area contributed by atoms with E-state index >= 15 is 0 Å². The number of ether oxygens (including phenoxy) is 1. The lowest BCUT2D eigenvalue weighted by Gasteiger charge is -2.00. The topological polar surface area (TPSA) is 26.3 Å². The Bertz CT molecular complexity index is 173. The minimum absolute atomic E-state index is 0.110. The first kappa shape index (κ1) is 14.2. The molecule has 0 atom stereocenters. The largest absolute Gasteiger partial charge is 0.435 e. The minimum Gasteiger partial charge on any atom is -0.435 e. The molecule has 0 N–H and O–H groups in total. The highest BCUT2D eigenvalue weighted by Gasteiger charge is 1.99. The summed E-state index contributed by atoms with van der Waals surface area (Å²) in [6.45, 7) is 4.05. The van der Waals surface area contributed by atoms with Crippen LogP contribution in [0.2, 0.25) is 0 Å². The summed E-state index contributed by atoms with van der Waals surface area (Å²) in [7, 11) is 0. The van der Waals surface area contributed by atoms with E-state index in [4.69, 9.17) is 4.74 Å². The molecule has 0 heterocycles. The van der Waals surface area contributed by atoms with Gasteiger partial charge in [0.15, 0.2) is 0 Å². The third kappa shape index (κ3) is 11.1. The molecule has 0 saturated carbocycles. The third-order valence-electron chi connectivity index (χ3n) is 2.32. The molecule has 0 aromatic rings. The molecule has 0 bridgehead atoms.